The van der Waals surface area contributed by atoms with Gasteiger partial charge in [0.05, 0.1) is 6.61 Å². The minimum Gasteiger partial charge on any atom is -0.476 e. The molecule has 2 atom stereocenters. The summed E-state index contributed by atoms with van der Waals surface area (Å²) < 4.78 is 10.9. The number of hydrogen-bond acceptors (Lipinski definition) is 7. The summed E-state index contributed by atoms with van der Waals surface area (Å²) in [5.74, 6) is -1.77. The molecular formula is C22H29N5O6. The lowest BCUT2D eigenvalue weighted by atomic mass is 9.83. The second-order valence-corrected chi connectivity index (χ2v) is 9.10. The van der Waals surface area contributed by atoms with Gasteiger partial charge >= 0.3 is 0 Å². The summed E-state index contributed by atoms with van der Waals surface area (Å²) in [5.41, 5.74) is 10.4. The fourth-order valence-corrected chi connectivity index (χ4v) is 5.06. The lowest BCUT2D eigenvalue weighted by molar-refractivity contribution is -0.146. The Morgan fingerprint density at radius 1 is 1.21 bits per heavy atom. The fraction of sp³-hybridized carbons (Fsp3) is 0.591. The van der Waals surface area contributed by atoms with Gasteiger partial charge in [-0.2, -0.15) is 0 Å². The maximum atomic E-state index is 13.2. The molecule has 0 bridgehead atoms. The van der Waals surface area contributed by atoms with Crippen molar-refractivity contribution in [3.05, 3.63) is 23.0 Å². The van der Waals surface area contributed by atoms with Gasteiger partial charge in [-0.25, -0.2) is 4.98 Å². The highest BCUT2D eigenvalue weighted by molar-refractivity contribution is 5.93. The largest absolute Gasteiger partial charge is 0.476 e. The van der Waals surface area contributed by atoms with E-state index in [0.717, 1.165) is 0 Å². The molecule has 11 nitrogen and oxygen atoms in total. The van der Waals surface area contributed by atoms with Crippen LogP contribution >= 0.6 is 0 Å². The van der Waals surface area contributed by atoms with Crippen molar-refractivity contribution in [2.75, 3.05) is 19.8 Å². The van der Waals surface area contributed by atoms with Crippen LogP contribution in [0.25, 0.3) is 0 Å². The first-order valence-electron chi connectivity index (χ1n) is 11.1. The average Bonchev–Trinajstić information content (AvgIpc) is 3.04. The zero-order chi connectivity index (χ0) is 23.9. The summed E-state index contributed by atoms with van der Waals surface area (Å²) in [6.07, 6.45) is 1.42. The Hall–Kier alpha value is -3.21. The summed E-state index contributed by atoms with van der Waals surface area (Å²) >= 11 is 0. The molecule has 3 heterocycles. The predicted molar refractivity (Wildman–Crippen MR) is 115 cm³/mol. The van der Waals surface area contributed by atoms with E-state index in [1.165, 1.54) is 0 Å². The van der Waals surface area contributed by atoms with E-state index in [1.54, 1.807) is 19.9 Å². The number of nitrogens with two attached hydrogens (primary N) is 2. The van der Waals surface area contributed by atoms with E-state index in [2.05, 4.69) is 10.3 Å². The van der Waals surface area contributed by atoms with Crippen molar-refractivity contribution in [3.8, 4) is 5.75 Å². The number of primary amides is 2. The minimum absolute atomic E-state index is 0.0164. The van der Waals surface area contributed by atoms with Gasteiger partial charge in [0, 0.05) is 18.5 Å². The molecule has 1 aromatic heterocycles. The molecule has 11 heteroatoms. The molecule has 2 aliphatic heterocycles. The summed E-state index contributed by atoms with van der Waals surface area (Å²) in [4.78, 5) is 55.5. The SMILES string of the molecule is Cc1cc2c(nc1C(N)=O)C(C)(NC(=O)C1CCC(N3CCOCC3=O)CC1)C(C(N)=O)O2. The molecule has 0 aromatic carbocycles. The summed E-state index contributed by atoms with van der Waals surface area (Å²) in [6.45, 7) is 4.46. The van der Waals surface area contributed by atoms with Gasteiger partial charge in [-0.05, 0) is 51.2 Å². The van der Waals surface area contributed by atoms with Crippen LogP contribution in [0.5, 0.6) is 5.75 Å². The number of pyridine rings is 1. The second-order valence-electron chi connectivity index (χ2n) is 9.10. The molecule has 178 valence electrons. The van der Waals surface area contributed by atoms with Crippen LogP contribution in [0.4, 0.5) is 0 Å². The number of ether oxygens (including phenoxy) is 2. The van der Waals surface area contributed by atoms with Crippen molar-refractivity contribution in [2.45, 2.75) is 57.2 Å². The molecule has 33 heavy (non-hydrogen) atoms. The molecule has 3 aliphatic rings. The molecule has 0 spiro atoms. The van der Waals surface area contributed by atoms with Gasteiger partial charge in [-0.3, -0.25) is 19.2 Å². The molecule has 1 aliphatic carbocycles. The first kappa shape index (κ1) is 23.0. The maximum absolute atomic E-state index is 13.2. The number of nitrogens with zero attached hydrogens (tertiary/aromatic N) is 2. The van der Waals surface area contributed by atoms with Gasteiger partial charge < -0.3 is 31.2 Å². The molecule has 4 rings (SSSR count). The standard InChI is InChI=1S/C22H29N5O6/c1-11-9-14-17(25-16(11)19(23)29)22(2,18(33-14)20(24)30)26-21(31)12-3-5-13(6-4-12)27-7-8-32-10-15(27)28/h9,12-13,18H,3-8,10H2,1-2H3,(H2,23,29)(H2,24,30)(H,26,31). The smallest absolute Gasteiger partial charge is 0.267 e. The summed E-state index contributed by atoms with van der Waals surface area (Å²) in [5, 5.41) is 2.92. The molecule has 0 radical (unpaired) electrons. The lowest BCUT2D eigenvalue weighted by Gasteiger charge is -2.39. The van der Waals surface area contributed by atoms with Crippen LogP contribution in [0.15, 0.2) is 6.07 Å². The van der Waals surface area contributed by atoms with Crippen LogP contribution in [-0.4, -0.2) is 65.4 Å². The van der Waals surface area contributed by atoms with E-state index in [0.29, 0.717) is 44.4 Å². The van der Waals surface area contributed by atoms with Crippen molar-refractivity contribution < 1.29 is 28.7 Å². The highest BCUT2D eigenvalue weighted by Gasteiger charge is 2.52. The zero-order valence-corrected chi connectivity index (χ0v) is 18.8. The van der Waals surface area contributed by atoms with Crippen LogP contribution in [0.2, 0.25) is 0 Å². The second kappa shape index (κ2) is 8.62. The molecular weight excluding hydrogens is 430 g/mol. The van der Waals surface area contributed by atoms with Crippen LogP contribution in [0, 0.1) is 12.8 Å². The van der Waals surface area contributed by atoms with E-state index in [-0.39, 0.29) is 47.5 Å². The van der Waals surface area contributed by atoms with Crippen LogP contribution < -0.4 is 21.5 Å². The highest BCUT2D eigenvalue weighted by atomic mass is 16.5. The average molecular weight is 460 g/mol. The number of aryl methyl sites for hydroxylation is 1. The number of carbonyl (C=O) groups is 4. The lowest BCUT2D eigenvalue weighted by Crippen LogP contribution is -2.57. The van der Waals surface area contributed by atoms with Gasteiger partial charge in [0.2, 0.25) is 17.9 Å². The first-order valence-corrected chi connectivity index (χ1v) is 11.1. The molecule has 1 aromatic rings. The third kappa shape index (κ3) is 4.12. The zero-order valence-electron chi connectivity index (χ0n) is 18.8. The quantitative estimate of drug-likeness (QED) is 0.533. The summed E-state index contributed by atoms with van der Waals surface area (Å²) in [6, 6.07) is 1.66. The number of hydrogen-bond donors (Lipinski definition) is 3. The van der Waals surface area contributed by atoms with Crippen molar-refractivity contribution >= 4 is 23.6 Å². The van der Waals surface area contributed by atoms with Gasteiger partial charge in [0.1, 0.15) is 29.3 Å². The first-order chi connectivity index (χ1) is 15.6. The molecule has 2 fully saturated rings. The van der Waals surface area contributed by atoms with E-state index >= 15 is 0 Å². The van der Waals surface area contributed by atoms with E-state index in [9.17, 15) is 19.2 Å². The predicted octanol–water partition coefficient (Wildman–Crippen LogP) is -0.516. The highest BCUT2D eigenvalue weighted by Crippen LogP contribution is 2.41. The number of amides is 4. The monoisotopic (exact) mass is 459 g/mol. The van der Waals surface area contributed by atoms with Crippen molar-refractivity contribution in [2.24, 2.45) is 17.4 Å². The molecule has 1 saturated heterocycles. The van der Waals surface area contributed by atoms with Gasteiger partial charge in [-0.15, -0.1) is 0 Å². The summed E-state index contributed by atoms with van der Waals surface area (Å²) in [7, 11) is 0. The third-order valence-corrected chi connectivity index (χ3v) is 6.84. The van der Waals surface area contributed by atoms with Gasteiger partial charge in [0.25, 0.3) is 11.8 Å². The van der Waals surface area contributed by atoms with Crippen LogP contribution in [0.1, 0.15) is 54.4 Å². The molecule has 5 N–H and O–H groups in total. The Kier molecular flexibility index (Phi) is 6.00. The number of carbonyl (C=O) groups excluding carboxylic acids is 4. The number of nitrogens with one attached hydrogen (secondary N) is 1. The number of fused-ring (bicyclic) bond motifs is 1. The van der Waals surface area contributed by atoms with E-state index < -0.39 is 23.5 Å². The van der Waals surface area contributed by atoms with Crippen molar-refractivity contribution in [1.82, 2.24) is 15.2 Å². The topological polar surface area (TPSA) is 167 Å². The Balaban J connectivity index is 1.51. The van der Waals surface area contributed by atoms with E-state index in [4.69, 9.17) is 20.9 Å². The Morgan fingerprint density at radius 3 is 2.52 bits per heavy atom. The van der Waals surface area contributed by atoms with Crippen molar-refractivity contribution in [3.63, 3.8) is 0 Å². The molecule has 1 saturated carbocycles. The maximum Gasteiger partial charge on any atom is 0.267 e. The minimum atomic E-state index is -1.35. The van der Waals surface area contributed by atoms with Gasteiger partial charge in [-0.1, -0.05) is 0 Å². The number of morpholine rings is 1. The van der Waals surface area contributed by atoms with E-state index in [1.807, 2.05) is 4.90 Å². The number of aromatic nitrogens is 1. The fourth-order valence-electron chi connectivity index (χ4n) is 5.06. The Bertz CT molecular complexity index is 1010. The number of rotatable bonds is 5. The van der Waals surface area contributed by atoms with Crippen LogP contribution in [0.3, 0.4) is 0 Å². The third-order valence-electron chi connectivity index (χ3n) is 6.84. The normalized spacial score (nSPS) is 29.2. The van der Waals surface area contributed by atoms with Gasteiger partial charge in [0.15, 0.2) is 0 Å². The molecule has 2 unspecified atom stereocenters. The Morgan fingerprint density at radius 2 is 1.91 bits per heavy atom. The molecule has 4 amide bonds. The van der Waals surface area contributed by atoms with Crippen LogP contribution in [-0.2, 0) is 24.7 Å². The van der Waals surface area contributed by atoms with Crippen molar-refractivity contribution in [1.29, 1.82) is 0 Å². The Labute approximate surface area is 191 Å².